The van der Waals surface area contributed by atoms with Crippen LogP contribution in [0.1, 0.15) is 5.56 Å². The first kappa shape index (κ1) is 27.3. The van der Waals surface area contributed by atoms with Crippen molar-refractivity contribution in [2.24, 2.45) is 0 Å². The van der Waals surface area contributed by atoms with Crippen LogP contribution in [0, 0.1) is 6.92 Å². The Kier molecular flexibility index (Phi) is 5.90. The van der Waals surface area contributed by atoms with E-state index in [-0.39, 0.29) is 6.71 Å². The average Bonchev–Trinajstić information content (AvgIpc) is 3.15. The quantitative estimate of drug-likeness (QED) is 0.228. The highest BCUT2D eigenvalue weighted by Crippen LogP contribution is 2.47. The molecule has 0 fully saturated rings. The summed E-state index contributed by atoms with van der Waals surface area (Å²) >= 11 is 0. The van der Waals surface area contributed by atoms with Crippen molar-refractivity contribution in [1.82, 2.24) is 0 Å². The second-order valence-corrected chi connectivity index (χ2v) is 16.6. The Morgan fingerprint density at radius 3 is 1.50 bits per heavy atom. The van der Waals surface area contributed by atoms with Gasteiger partial charge in [-0.3, -0.25) is 0 Å². The summed E-state index contributed by atoms with van der Waals surface area (Å²) in [4.78, 5) is 2.45. The van der Waals surface area contributed by atoms with Gasteiger partial charge in [-0.05, 0) is 61.8 Å². The van der Waals surface area contributed by atoms with Crippen LogP contribution in [-0.4, -0.2) is 14.8 Å². The van der Waals surface area contributed by atoms with Gasteiger partial charge >= 0.3 is 0 Å². The van der Waals surface area contributed by atoms with Gasteiger partial charge in [-0.25, -0.2) is 0 Å². The van der Waals surface area contributed by atoms with Crippen molar-refractivity contribution in [2.45, 2.75) is 6.92 Å². The largest absolute Gasteiger partial charge is 0.458 e. The van der Waals surface area contributed by atoms with E-state index in [0.717, 1.165) is 50.6 Å². The van der Waals surface area contributed by atoms with Crippen LogP contribution in [-0.2, 0) is 0 Å². The lowest BCUT2D eigenvalue weighted by molar-refractivity contribution is 0.463. The summed E-state index contributed by atoms with van der Waals surface area (Å²) in [5.74, 6) is 3.54. The van der Waals surface area contributed by atoms with Gasteiger partial charge in [-0.1, -0.05) is 133 Å². The SMILES string of the molecule is Cc1cc(N2c3ccccc3[Si-](c3ccccc3)(c3ccccc3)c3ccccc32)c2c3c1Oc1ccccc1B3c1ccccc1O2. The zero-order valence-corrected chi connectivity index (χ0v) is 27.4. The molecule has 3 aliphatic heterocycles. The first-order valence-electron chi connectivity index (χ1n) is 16.6. The van der Waals surface area contributed by atoms with Crippen molar-refractivity contribution in [3.05, 3.63) is 169 Å². The van der Waals surface area contributed by atoms with Crippen LogP contribution in [0.4, 0.5) is 17.1 Å². The number of hydrogen-bond donors (Lipinski definition) is 0. The maximum Gasteiger partial charge on any atom is 0.260 e. The van der Waals surface area contributed by atoms with Crippen LogP contribution in [0.15, 0.2) is 164 Å². The molecule has 0 spiro atoms. The highest BCUT2D eigenvalue weighted by atomic mass is 28.3. The Labute approximate surface area is 281 Å². The summed E-state index contributed by atoms with van der Waals surface area (Å²) in [7, 11) is -2.73. The van der Waals surface area contributed by atoms with Gasteiger partial charge in [-0.2, -0.15) is 10.4 Å². The minimum Gasteiger partial charge on any atom is -0.458 e. The van der Waals surface area contributed by atoms with Crippen LogP contribution in [0.2, 0.25) is 0 Å². The number of fused-ring (bicyclic) bond motifs is 6. The monoisotopic (exact) mass is 631 g/mol. The summed E-state index contributed by atoms with van der Waals surface area (Å²) in [6, 6.07) is 59.5. The highest BCUT2D eigenvalue weighted by molar-refractivity contribution is 7.21. The van der Waals surface area contributed by atoms with Gasteiger partial charge in [0.05, 0.1) is 5.69 Å². The predicted molar refractivity (Wildman–Crippen MR) is 201 cm³/mol. The zero-order chi connectivity index (χ0) is 31.8. The lowest BCUT2D eigenvalue weighted by Crippen LogP contribution is -2.77. The number of para-hydroxylation sites is 4. The molecule has 0 aliphatic carbocycles. The third-order valence-electron chi connectivity index (χ3n) is 10.4. The van der Waals surface area contributed by atoms with E-state index in [1.807, 2.05) is 0 Å². The third kappa shape index (κ3) is 3.65. The molecule has 0 aromatic heterocycles. The molecule has 3 nitrogen and oxygen atoms in total. The minimum atomic E-state index is -2.73. The van der Waals surface area contributed by atoms with Gasteiger partial charge < -0.3 is 14.4 Å². The maximum absolute atomic E-state index is 7.02. The standard InChI is InChI=1S/C43H30BNO2Si/c1-29-28-36(43-41-42(29)46-37-24-12-8-20-32(37)44(41)33-21-9-13-25-38(33)47-43)45-34-22-10-14-26-39(34)48(30-16-4-2-5-17-30,31-18-6-3-7-19-31)40-27-15-11-23-35(40)45/h2-28H,1H3/q-1. The van der Waals surface area contributed by atoms with Crippen LogP contribution in [0.5, 0.6) is 23.0 Å². The van der Waals surface area contributed by atoms with Gasteiger partial charge in [0.2, 0.25) is 0 Å². The van der Waals surface area contributed by atoms with Gasteiger partial charge in [0.15, 0.2) is 0 Å². The molecule has 0 bridgehead atoms. The summed E-state index contributed by atoms with van der Waals surface area (Å²) in [5, 5.41) is 5.46. The molecule has 0 saturated heterocycles. The van der Waals surface area contributed by atoms with Crippen molar-refractivity contribution in [3.63, 3.8) is 0 Å². The van der Waals surface area contributed by atoms with Gasteiger partial charge in [0.25, 0.3) is 6.71 Å². The number of ether oxygens (including phenoxy) is 2. The summed E-state index contributed by atoms with van der Waals surface area (Å²) in [6.45, 7) is 2.17. The van der Waals surface area contributed by atoms with Gasteiger partial charge in [0, 0.05) is 16.8 Å². The van der Waals surface area contributed by atoms with E-state index in [4.69, 9.17) is 9.47 Å². The van der Waals surface area contributed by atoms with Crippen molar-refractivity contribution in [2.75, 3.05) is 4.90 Å². The van der Waals surface area contributed by atoms with Crippen molar-refractivity contribution < 1.29 is 9.47 Å². The number of aryl methyl sites for hydroxylation is 1. The second-order valence-electron chi connectivity index (χ2n) is 12.8. The Bertz CT molecular complexity index is 2290. The molecule has 0 N–H and O–H groups in total. The molecule has 7 aromatic rings. The zero-order valence-electron chi connectivity index (χ0n) is 26.4. The Balaban J connectivity index is 1.30. The molecule has 7 aromatic carbocycles. The van der Waals surface area contributed by atoms with E-state index in [1.54, 1.807) is 0 Å². The third-order valence-corrected chi connectivity index (χ3v) is 15.2. The Morgan fingerprint density at radius 2 is 0.938 bits per heavy atom. The normalized spacial score (nSPS) is 14.4. The average molecular weight is 632 g/mol. The van der Waals surface area contributed by atoms with Crippen LogP contribution < -0.4 is 51.5 Å². The molecule has 0 unspecified atom stereocenters. The van der Waals surface area contributed by atoms with E-state index in [2.05, 4.69) is 176 Å². The van der Waals surface area contributed by atoms with Crippen molar-refractivity contribution in [1.29, 1.82) is 0 Å². The Morgan fingerprint density at radius 1 is 0.479 bits per heavy atom. The lowest BCUT2D eigenvalue weighted by atomic mass is 9.34. The molecular weight excluding hydrogens is 601 g/mol. The number of anilines is 3. The number of hydrogen-bond acceptors (Lipinski definition) is 3. The van der Waals surface area contributed by atoms with E-state index >= 15 is 0 Å². The lowest BCUT2D eigenvalue weighted by Gasteiger charge is -2.55. The second kappa shape index (κ2) is 10.4. The molecule has 0 amide bonds. The molecule has 0 radical (unpaired) electrons. The maximum atomic E-state index is 7.02. The molecule has 0 saturated carbocycles. The number of benzene rings is 7. The predicted octanol–water partition coefficient (Wildman–Crippen LogP) is 5.88. The molecule has 3 heterocycles. The molecule has 5 heteroatoms. The van der Waals surface area contributed by atoms with Crippen LogP contribution in [0.25, 0.3) is 0 Å². The van der Waals surface area contributed by atoms with E-state index in [9.17, 15) is 0 Å². The summed E-state index contributed by atoms with van der Waals surface area (Å²) < 4.78 is 13.7. The molecule has 3 aliphatic rings. The smallest absolute Gasteiger partial charge is 0.260 e. The fourth-order valence-corrected chi connectivity index (χ4v) is 13.6. The first-order chi connectivity index (χ1) is 23.7. The molecule has 227 valence electrons. The molecule has 48 heavy (non-hydrogen) atoms. The van der Waals surface area contributed by atoms with Crippen molar-refractivity contribution >= 4 is 69.0 Å². The molecule has 10 rings (SSSR count). The van der Waals surface area contributed by atoms with Crippen molar-refractivity contribution in [3.8, 4) is 23.0 Å². The van der Waals surface area contributed by atoms with E-state index in [1.165, 1.54) is 32.1 Å². The fourth-order valence-electron chi connectivity index (χ4n) is 8.45. The highest BCUT2D eigenvalue weighted by Gasteiger charge is 2.44. The first-order valence-corrected chi connectivity index (χ1v) is 18.6. The number of rotatable bonds is 3. The van der Waals surface area contributed by atoms with Gasteiger partial charge in [-0.15, -0.1) is 10.4 Å². The molecular formula is C43H30BNO2Si-. The minimum absolute atomic E-state index is 0.000862. The Hall–Kier alpha value is -5.78. The number of nitrogens with zero attached hydrogens (tertiary/aromatic N) is 1. The van der Waals surface area contributed by atoms with Gasteiger partial charge in [0.1, 0.15) is 23.0 Å². The van der Waals surface area contributed by atoms with Crippen LogP contribution >= 0.6 is 0 Å². The topological polar surface area (TPSA) is 21.7 Å². The summed E-state index contributed by atoms with van der Waals surface area (Å²) in [6.07, 6.45) is 0. The van der Waals surface area contributed by atoms with Crippen LogP contribution in [0.3, 0.4) is 0 Å². The van der Waals surface area contributed by atoms with E-state index < -0.39 is 8.07 Å². The molecule has 0 atom stereocenters. The van der Waals surface area contributed by atoms with E-state index in [0.29, 0.717) is 0 Å². The fraction of sp³-hybridized carbons (Fsp3) is 0.0233. The summed E-state index contributed by atoms with van der Waals surface area (Å²) in [5.41, 5.74) is 7.90.